The van der Waals surface area contributed by atoms with E-state index in [4.69, 9.17) is 9.47 Å². The van der Waals surface area contributed by atoms with Crippen molar-refractivity contribution in [2.45, 2.75) is 69.2 Å². The molecule has 0 aliphatic carbocycles. The van der Waals surface area contributed by atoms with Crippen molar-refractivity contribution in [1.29, 1.82) is 0 Å². The Morgan fingerprint density at radius 1 is 1.37 bits per heavy atom. The van der Waals surface area contributed by atoms with E-state index in [-0.39, 0.29) is 17.8 Å². The minimum Gasteiger partial charge on any atom is -0.358 e. The molecular formula is C21H27F3N2O3S. The maximum atomic E-state index is 13.3. The van der Waals surface area contributed by atoms with Gasteiger partial charge in [0.05, 0.1) is 11.6 Å². The lowest BCUT2D eigenvalue weighted by Gasteiger charge is -2.24. The summed E-state index contributed by atoms with van der Waals surface area (Å²) in [7, 11) is 0. The number of alkyl halides is 3. The summed E-state index contributed by atoms with van der Waals surface area (Å²) in [5.74, 6) is -0.278. The number of nitrogens with one attached hydrogen (secondary N) is 1. The normalized spacial score (nSPS) is 25.8. The van der Waals surface area contributed by atoms with Crippen LogP contribution >= 0.6 is 11.8 Å². The molecule has 2 heterocycles. The number of halogens is 3. The molecule has 2 aliphatic heterocycles. The van der Waals surface area contributed by atoms with Gasteiger partial charge in [0, 0.05) is 13.2 Å². The van der Waals surface area contributed by atoms with Crippen LogP contribution in [0.3, 0.4) is 0 Å². The molecule has 5 nitrogen and oxygen atoms in total. The number of aliphatic imine (C=N–C) groups is 1. The predicted molar refractivity (Wildman–Crippen MR) is 110 cm³/mol. The molecule has 0 spiro atoms. The largest absolute Gasteiger partial charge is 0.416 e. The molecule has 2 unspecified atom stereocenters. The van der Waals surface area contributed by atoms with Gasteiger partial charge in [-0.2, -0.15) is 18.2 Å². The molecule has 0 bridgehead atoms. The van der Waals surface area contributed by atoms with Crippen LogP contribution in [-0.2, 0) is 20.4 Å². The molecule has 0 aromatic heterocycles. The quantitative estimate of drug-likeness (QED) is 0.595. The monoisotopic (exact) mass is 444 g/mol. The molecule has 2 aliphatic rings. The first-order chi connectivity index (χ1) is 14.2. The van der Waals surface area contributed by atoms with E-state index >= 15 is 0 Å². The fraction of sp³-hybridized carbons (Fsp3) is 0.619. The topological polar surface area (TPSA) is 59.9 Å². The van der Waals surface area contributed by atoms with Gasteiger partial charge in [-0.3, -0.25) is 4.79 Å². The Morgan fingerprint density at radius 3 is 2.83 bits per heavy atom. The maximum absolute atomic E-state index is 13.3. The van der Waals surface area contributed by atoms with Gasteiger partial charge in [0.15, 0.2) is 11.5 Å². The molecular weight excluding hydrogens is 417 g/mol. The van der Waals surface area contributed by atoms with Crippen LogP contribution in [-0.4, -0.2) is 35.3 Å². The van der Waals surface area contributed by atoms with E-state index in [9.17, 15) is 18.0 Å². The standard InChI is InChI=1S/C21H27F3N2O3S/c1-14(15-8-3-4-9-16(15)21(22,23)24)25-19-26-18(27)20(2,30-19)11-7-13-29-17-10-5-6-12-28-17/h3-4,8-9,14,17H,5-7,10-13H2,1-2H3,(H,25,26,27)/t14-,17?,20?/m0/s1. The van der Waals surface area contributed by atoms with Crippen molar-refractivity contribution in [3.63, 3.8) is 0 Å². The zero-order chi connectivity index (χ0) is 21.8. The first-order valence-electron chi connectivity index (χ1n) is 10.2. The number of amides is 1. The smallest absolute Gasteiger partial charge is 0.358 e. The minimum atomic E-state index is -4.44. The average molecular weight is 445 g/mol. The number of benzene rings is 1. The number of carbonyl (C=O) groups is 1. The number of amidine groups is 1. The van der Waals surface area contributed by atoms with Crippen LogP contribution in [0.2, 0.25) is 0 Å². The third-order valence-electron chi connectivity index (χ3n) is 5.29. The first kappa shape index (κ1) is 23.1. The lowest BCUT2D eigenvalue weighted by Crippen LogP contribution is -2.30. The van der Waals surface area contributed by atoms with Crippen LogP contribution in [0.1, 0.15) is 63.1 Å². The molecule has 9 heteroatoms. The van der Waals surface area contributed by atoms with Crippen LogP contribution in [0.5, 0.6) is 0 Å². The number of hydrogen-bond donors (Lipinski definition) is 1. The third kappa shape index (κ3) is 5.76. The number of nitrogens with zero attached hydrogens (tertiary/aromatic N) is 1. The summed E-state index contributed by atoms with van der Waals surface area (Å²) in [4.78, 5) is 16.5. The summed E-state index contributed by atoms with van der Waals surface area (Å²) in [6.07, 6.45) is -0.336. The van der Waals surface area contributed by atoms with E-state index in [1.807, 2.05) is 6.92 Å². The van der Waals surface area contributed by atoms with Crippen molar-refractivity contribution in [2.75, 3.05) is 13.2 Å². The first-order valence-corrected chi connectivity index (χ1v) is 11.0. The summed E-state index contributed by atoms with van der Waals surface area (Å²) in [6, 6.07) is 4.78. The molecule has 166 valence electrons. The lowest BCUT2D eigenvalue weighted by atomic mass is 10.0. The highest BCUT2D eigenvalue weighted by Crippen LogP contribution is 2.39. The fourth-order valence-corrected chi connectivity index (χ4v) is 4.74. The molecule has 0 saturated carbocycles. The highest BCUT2D eigenvalue weighted by Gasteiger charge is 2.41. The summed E-state index contributed by atoms with van der Waals surface area (Å²) in [5.41, 5.74) is -0.569. The predicted octanol–water partition coefficient (Wildman–Crippen LogP) is 5.07. The molecule has 1 saturated heterocycles. The van der Waals surface area contributed by atoms with Crippen LogP contribution in [0.15, 0.2) is 29.3 Å². The van der Waals surface area contributed by atoms with Crippen molar-refractivity contribution < 1.29 is 27.4 Å². The Labute approximate surface area is 178 Å². The van der Waals surface area contributed by atoms with Gasteiger partial charge in [-0.15, -0.1) is 0 Å². The second-order valence-corrected chi connectivity index (χ2v) is 9.27. The molecule has 30 heavy (non-hydrogen) atoms. The average Bonchev–Trinajstić information content (AvgIpc) is 2.99. The van der Waals surface area contributed by atoms with Gasteiger partial charge < -0.3 is 14.8 Å². The highest BCUT2D eigenvalue weighted by molar-refractivity contribution is 8.16. The van der Waals surface area contributed by atoms with Gasteiger partial charge in [-0.1, -0.05) is 30.0 Å². The van der Waals surface area contributed by atoms with Crippen molar-refractivity contribution in [2.24, 2.45) is 4.99 Å². The van der Waals surface area contributed by atoms with Crippen LogP contribution in [0, 0.1) is 0 Å². The Bertz CT molecular complexity index is 781. The van der Waals surface area contributed by atoms with Crippen LogP contribution in [0.25, 0.3) is 0 Å². The van der Waals surface area contributed by atoms with Crippen LogP contribution in [0.4, 0.5) is 13.2 Å². The number of carbonyl (C=O) groups excluding carboxylic acids is 1. The van der Waals surface area contributed by atoms with Crippen molar-refractivity contribution in [3.8, 4) is 0 Å². The summed E-state index contributed by atoms with van der Waals surface area (Å²) in [5, 5.41) is 3.33. The van der Waals surface area contributed by atoms with E-state index in [0.29, 0.717) is 24.6 Å². The molecule has 3 rings (SSSR count). The van der Waals surface area contributed by atoms with E-state index in [1.165, 1.54) is 23.9 Å². The van der Waals surface area contributed by atoms with Crippen molar-refractivity contribution in [3.05, 3.63) is 35.4 Å². The van der Waals surface area contributed by atoms with Crippen molar-refractivity contribution in [1.82, 2.24) is 5.32 Å². The molecule has 3 atom stereocenters. The molecule has 1 aromatic rings. The molecule has 1 aromatic carbocycles. The molecule has 1 amide bonds. The van der Waals surface area contributed by atoms with E-state index in [2.05, 4.69) is 10.3 Å². The zero-order valence-electron chi connectivity index (χ0n) is 17.1. The second-order valence-electron chi connectivity index (χ2n) is 7.78. The van der Waals surface area contributed by atoms with Gasteiger partial charge in [-0.05, 0) is 57.6 Å². The minimum absolute atomic E-state index is 0.121. The van der Waals surface area contributed by atoms with Gasteiger partial charge in [0.25, 0.3) is 5.91 Å². The summed E-state index contributed by atoms with van der Waals surface area (Å²) >= 11 is 1.26. The Kier molecular flexibility index (Phi) is 7.47. The lowest BCUT2D eigenvalue weighted by molar-refractivity contribution is -0.163. The summed E-state index contributed by atoms with van der Waals surface area (Å²) < 4.78 is 50.3. The fourth-order valence-electron chi connectivity index (χ4n) is 3.57. The van der Waals surface area contributed by atoms with E-state index < -0.39 is 22.5 Å². The second kappa shape index (κ2) is 9.70. The van der Waals surface area contributed by atoms with Gasteiger partial charge >= 0.3 is 6.18 Å². The van der Waals surface area contributed by atoms with Gasteiger partial charge in [0.2, 0.25) is 0 Å². The Morgan fingerprint density at radius 2 is 2.13 bits per heavy atom. The van der Waals surface area contributed by atoms with Gasteiger partial charge in [-0.25, -0.2) is 0 Å². The SMILES string of the molecule is C[C@H](NC1=NC(=O)C(C)(CCCOC2CCCCO2)S1)c1ccccc1C(F)(F)F. The van der Waals surface area contributed by atoms with E-state index in [0.717, 1.165) is 31.9 Å². The van der Waals surface area contributed by atoms with Gasteiger partial charge in [0.1, 0.15) is 4.75 Å². The molecule has 1 N–H and O–H groups in total. The Balaban J connectivity index is 1.53. The summed E-state index contributed by atoms with van der Waals surface area (Å²) in [6.45, 7) is 4.65. The highest BCUT2D eigenvalue weighted by atomic mass is 32.2. The maximum Gasteiger partial charge on any atom is 0.416 e. The molecule has 1 fully saturated rings. The van der Waals surface area contributed by atoms with E-state index in [1.54, 1.807) is 13.0 Å². The number of ether oxygens (including phenoxy) is 2. The zero-order valence-corrected chi connectivity index (χ0v) is 17.9. The van der Waals surface area contributed by atoms with Crippen molar-refractivity contribution >= 4 is 22.8 Å². The Hall–Kier alpha value is -1.58. The number of hydrogen-bond acceptors (Lipinski definition) is 5. The number of rotatable bonds is 7. The number of thioether (sulfide) groups is 1. The van der Waals surface area contributed by atoms with Crippen LogP contribution < -0.4 is 5.32 Å². The molecule has 0 radical (unpaired) electrons. The third-order valence-corrected chi connectivity index (χ3v) is 6.52.